The van der Waals surface area contributed by atoms with E-state index in [1.165, 1.54) is 36.1 Å². The molecule has 1 nitrogen and oxygen atoms in total. The summed E-state index contributed by atoms with van der Waals surface area (Å²) in [6.45, 7) is 7.95. The van der Waals surface area contributed by atoms with Crippen LogP contribution in [0.15, 0.2) is 60.7 Å². The number of halogens is 1. The molecule has 0 aliphatic heterocycles. The number of rotatable bonds is 5. The van der Waals surface area contributed by atoms with Crippen molar-refractivity contribution in [1.29, 1.82) is 0 Å². The first-order chi connectivity index (χ1) is 12.4. The van der Waals surface area contributed by atoms with E-state index >= 15 is 0 Å². The Morgan fingerprint density at radius 2 is 1.31 bits per heavy atom. The van der Waals surface area contributed by atoms with Crippen LogP contribution in [0.5, 0.6) is 0 Å². The summed E-state index contributed by atoms with van der Waals surface area (Å²) in [4.78, 5) is 0.701. The molecule has 0 N–H and O–H groups in total. The van der Waals surface area contributed by atoms with Crippen LogP contribution in [-0.4, -0.2) is 19.8 Å². The Morgan fingerprint density at radius 3 is 1.73 bits per heavy atom. The third-order valence-corrected chi connectivity index (χ3v) is 11.6. The van der Waals surface area contributed by atoms with Gasteiger partial charge in [0.2, 0.25) is 0 Å². The largest absolute Gasteiger partial charge is 0.407 e. The average molecular weight is 431 g/mol. The zero-order chi connectivity index (χ0) is 18.6. The first kappa shape index (κ1) is 19.8. The van der Waals surface area contributed by atoms with E-state index in [9.17, 15) is 0 Å². The van der Waals surface area contributed by atoms with Crippen LogP contribution in [0.2, 0.25) is 5.04 Å². The summed E-state index contributed by atoms with van der Waals surface area (Å²) >= 11 is 3.78. The van der Waals surface area contributed by atoms with Gasteiger partial charge < -0.3 is 4.43 Å². The van der Waals surface area contributed by atoms with Gasteiger partial charge in [-0.15, -0.1) is 0 Å². The van der Waals surface area contributed by atoms with Crippen molar-refractivity contribution in [3.63, 3.8) is 0 Å². The Morgan fingerprint density at radius 1 is 0.846 bits per heavy atom. The van der Waals surface area contributed by atoms with Crippen molar-refractivity contribution in [2.75, 3.05) is 6.61 Å². The molecule has 1 saturated carbocycles. The van der Waals surface area contributed by atoms with Crippen molar-refractivity contribution in [3.05, 3.63) is 60.7 Å². The number of hydrogen-bond acceptors (Lipinski definition) is 1. The summed E-state index contributed by atoms with van der Waals surface area (Å²) in [5.41, 5.74) is 0. The van der Waals surface area contributed by atoms with Crippen LogP contribution in [0, 0.1) is 5.92 Å². The lowest BCUT2D eigenvalue weighted by Gasteiger charge is -2.44. The Labute approximate surface area is 168 Å². The van der Waals surface area contributed by atoms with Crippen LogP contribution in [0.1, 0.15) is 46.5 Å². The molecule has 2 aromatic carbocycles. The highest BCUT2D eigenvalue weighted by Crippen LogP contribution is 2.38. The van der Waals surface area contributed by atoms with Gasteiger partial charge >= 0.3 is 0 Å². The molecular formula is C23H31BrOSi. The minimum absolute atomic E-state index is 0.0718. The minimum Gasteiger partial charge on any atom is -0.407 e. The van der Waals surface area contributed by atoms with E-state index in [2.05, 4.69) is 97.4 Å². The highest BCUT2D eigenvalue weighted by Gasteiger charge is 2.50. The molecule has 0 aromatic heterocycles. The second-order valence-electron chi connectivity index (χ2n) is 8.59. The molecule has 26 heavy (non-hydrogen) atoms. The molecule has 0 spiro atoms. The van der Waals surface area contributed by atoms with Gasteiger partial charge in [-0.25, -0.2) is 0 Å². The molecule has 2 aromatic rings. The van der Waals surface area contributed by atoms with Crippen LogP contribution in [0.25, 0.3) is 0 Å². The van der Waals surface area contributed by atoms with Gasteiger partial charge in [-0.05, 0) is 47.0 Å². The number of benzene rings is 2. The quantitative estimate of drug-likeness (QED) is 0.448. The SMILES string of the molecule is CC(C)(C)[Si](OCC1CCC(Br)CC1)(c1ccccc1)c1ccccc1. The predicted molar refractivity (Wildman–Crippen MR) is 118 cm³/mol. The molecule has 1 fully saturated rings. The molecule has 0 saturated heterocycles. The van der Waals surface area contributed by atoms with Gasteiger partial charge in [0.1, 0.15) is 0 Å². The summed E-state index contributed by atoms with van der Waals surface area (Å²) in [6, 6.07) is 22.0. The normalized spacial score (nSPS) is 21.5. The van der Waals surface area contributed by atoms with Gasteiger partial charge in [-0.2, -0.15) is 0 Å². The summed E-state index contributed by atoms with van der Waals surface area (Å²) in [5.74, 6) is 0.686. The predicted octanol–water partition coefficient (Wildman–Crippen LogP) is 5.52. The summed E-state index contributed by atoms with van der Waals surface area (Å²) in [5, 5.41) is 2.84. The fourth-order valence-corrected chi connectivity index (χ4v) is 9.46. The molecule has 0 unspecified atom stereocenters. The Kier molecular flexibility index (Phi) is 6.42. The highest BCUT2D eigenvalue weighted by atomic mass is 79.9. The van der Waals surface area contributed by atoms with Gasteiger partial charge in [0.05, 0.1) is 0 Å². The Bertz CT molecular complexity index is 633. The molecule has 0 heterocycles. The topological polar surface area (TPSA) is 9.23 Å². The summed E-state index contributed by atoms with van der Waals surface area (Å²) in [6.07, 6.45) is 5.09. The van der Waals surface area contributed by atoms with Crippen LogP contribution >= 0.6 is 15.9 Å². The third-order valence-electron chi connectivity index (χ3n) is 5.73. The van der Waals surface area contributed by atoms with Crippen molar-refractivity contribution in [2.24, 2.45) is 5.92 Å². The molecule has 0 atom stereocenters. The van der Waals surface area contributed by atoms with E-state index in [4.69, 9.17) is 4.43 Å². The van der Waals surface area contributed by atoms with Crippen molar-refractivity contribution >= 4 is 34.6 Å². The van der Waals surface area contributed by atoms with Crippen molar-refractivity contribution in [2.45, 2.75) is 56.3 Å². The first-order valence-corrected chi connectivity index (χ1v) is 12.6. The first-order valence-electron chi connectivity index (χ1n) is 9.82. The zero-order valence-corrected chi connectivity index (χ0v) is 18.8. The van der Waals surface area contributed by atoms with Gasteiger partial charge in [-0.1, -0.05) is 97.4 Å². The fourth-order valence-electron chi connectivity index (χ4n) is 4.29. The van der Waals surface area contributed by atoms with Gasteiger partial charge in [0.25, 0.3) is 8.32 Å². The average Bonchev–Trinajstić information content (AvgIpc) is 2.64. The molecule has 3 rings (SSSR count). The molecule has 1 aliphatic rings. The lowest BCUT2D eigenvalue weighted by Crippen LogP contribution is -2.66. The molecule has 0 amide bonds. The number of hydrogen-bond donors (Lipinski definition) is 0. The smallest absolute Gasteiger partial charge is 0.261 e. The van der Waals surface area contributed by atoms with E-state index in [0.29, 0.717) is 10.7 Å². The van der Waals surface area contributed by atoms with E-state index in [1.54, 1.807) is 0 Å². The van der Waals surface area contributed by atoms with Crippen LogP contribution in [0.3, 0.4) is 0 Å². The van der Waals surface area contributed by atoms with E-state index in [-0.39, 0.29) is 5.04 Å². The molecular weight excluding hydrogens is 400 g/mol. The standard InChI is InChI=1S/C23H31BrOSi/c1-23(2,3)26(21-10-6-4-7-11-21,22-12-8-5-9-13-22)25-18-19-14-16-20(24)17-15-19/h4-13,19-20H,14-18H2,1-3H3. The van der Waals surface area contributed by atoms with E-state index < -0.39 is 8.32 Å². The Hall–Kier alpha value is -0.903. The number of alkyl halides is 1. The van der Waals surface area contributed by atoms with Crippen LogP contribution < -0.4 is 10.4 Å². The van der Waals surface area contributed by atoms with Gasteiger partial charge in [0.15, 0.2) is 0 Å². The van der Waals surface area contributed by atoms with Crippen molar-refractivity contribution < 1.29 is 4.43 Å². The van der Waals surface area contributed by atoms with Gasteiger partial charge in [0, 0.05) is 11.4 Å². The molecule has 3 heteroatoms. The van der Waals surface area contributed by atoms with Gasteiger partial charge in [-0.3, -0.25) is 0 Å². The van der Waals surface area contributed by atoms with E-state index in [1.807, 2.05) is 0 Å². The summed E-state index contributed by atoms with van der Waals surface area (Å²) < 4.78 is 7.06. The zero-order valence-electron chi connectivity index (χ0n) is 16.2. The van der Waals surface area contributed by atoms with Crippen LogP contribution in [0.4, 0.5) is 0 Å². The van der Waals surface area contributed by atoms with Crippen LogP contribution in [-0.2, 0) is 4.43 Å². The molecule has 0 bridgehead atoms. The maximum atomic E-state index is 7.06. The minimum atomic E-state index is -2.36. The molecule has 0 radical (unpaired) electrons. The highest BCUT2D eigenvalue weighted by molar-refractivity contribution is 9.09. The van der Waals surface area contributed by atoms with Crippen molar-refractivity contribution in [1.82, 2.24) is 0 Å². The van der Waals surface area contributed by atoms with Crippen molar-refractivity contribution in [3.8, 4) is 0 Å². The lowest BCUT2D eigenvalue weighted by molar-refractivity contribution is 0.201. The maximum absolute atomic E-state index is 7.06. The monoisotopic (exact) mass is 430 g/mol. The fraction of sp³-hybridized carbons (Fsp3) is 0.478. The molecule has 1 aliphatic carbocycles. The lowest BCUT2D eigenvalue weighted by atomic mass is 9.90. The molecule has 140 valence electrons. The second kappa shape index (κ2) is 8.41. The Balaban J connectivity index is 1.97. The summed E-state index contributed by atoms with van der Waals surface area (Å²) in [7, 11) is -2.36. The maximum Gasteiger partial charge on any atom is 0.261 e. The van der Waals surface area contributed by atoms with E-state index in [0.717, 1.165) is 6.61 Å². The second-order valence-corrected chi connectivity index (χ2v) is 14.2. The third kappa shape index (κ3) is 4.16.